The number of amides is 3. The van der Waals surface area contributed by atoms with Crippen LogP contribution in [0.25, 0.3) is 0 Å². The number of anilines is 1. The van der Waals surface area contributed by atoms with Crippen LogP contribution in [-0.4, -0.2) is 29.6 Å². The maximum absolute atomic E-state index is 13.4. The number of nitro groups is 1. The van der Waals surface area contributed by atoms with Crippen molar-refractivity contribution in [3.8, 4) is 0 Å². The van der Waals surface area contributed by atoms with Gasteiger partial charge in [0, 0.05) is 17.7 Å². The maximum atomic E-state index is 13.4. The van der Waals surface area contributed by atoms with Crippen molar-refractivity contribution in [3.63, 3.8) is 0 Å². The number of hydrogen-bond donors (Lipinski definition) is 3. The first kappa shape index (κ1) is 19.8. The molecule has 11 heteroatoms. The molecule has 3 N–H and O–H groups in total. The largest absolute Gasteiger partial charge is 0.329 e. The Balaban J connectivity index is 1.80. The molecule has 0 spiro atoms. The van der Waals surface area contributed by atoms with Crippen LogP contribution in [0.5, 0.6) is 0 Å². The minimum atomic E-state index is -0.751. The molecule has 0 radical (unpaired) electrons. The summed E-state index contributed by atoms with van der Waals surface area (Å²) in [4.78, 5) is 33.4. The maximum Gasteiger partial charge on any atom is 0.319 e. The summed E-state index contributed by atoms with van der Waals surface area (Å²) in [5, 5.41) is 18.8. The minimum absolute atomic E-state index is 0.0294. The van der Waals surface area contributed by atoms with Gasteiger partial charge in [-0.05, 0) is 12.1 Å². The van der Waals surface area contributed by atoms with E-state index in [1.165, 1.54) is 30.3 Å². The van der Waals surface area contributed by atoms with Gasteiger partial charge in [0.05, 0.1) is 21.8 Å². The summed E-state index contributed by atoms with van der Waals surface area (Å²) in [5.74, 6) is -1.14. The van der Waals surface area contributed by atoms with Gasteiger partial charge in [-0.15, -0.1) is 0 Å². The number of rotatable bonds is 6. The van der Waals surface area contributed by atoms with E-state index in [9.17, 15) is 24.1 Å². The number of carbonyl (C=O) groups is 2. The molecule has 0 aromatic heterocycles. The summed E-state index contributed by atoms with van der Waals surface area (Å²) in [7, 11) is 0. The van der Waals surface area contributed by atoms with E-state index < -0.39 is 29.2 Å². The van der Waals surface area contributed by atoms with Gasteiger partial charge in [-0.1, -0.05) is 29.8 Å². The third-order valence-corrected chi connectivity index (χ3v) is 3.43. The fourth-order valence-corrected chi connectivity index (χ4v) is 2.06. The van der Waals surface area contributed by atoms with E-state index in [1.54, 1.807) is 6.07 Å². The lowest BCUT2D eigenvalue weighted by Crippen LogP contribution is -2.37. The van der Waals surface area contributed by atoms with Gasteiger partial charge in [0.15, 0.2) is 0 Å². The molecule has 2 aromatic carbocycles. The Bertz CT molecular complexity index is 906. The number of carbonyl (C=O) groups excluding carboxylic acids is 2. The normalized spacial score (nSPS) is 10.4. The van der Waals surface area contributed by atoms with Crippen LogP contribution in [0.15, 0.2) is 47.6 Å². The van der Waals surface area contributed by atoms with Gasteiger partial charge in [0.25, 0.3) is 11.6 Å². The molecule has 0 fully saturated rings. The molecular weight excluding hydrogens is 381 g/mol. The number of halogens is 2. The molecule has 9 nitrogen and oxygen atoms in total. The molecule has 27 heavy (non-hydrogen) atoms. The minimum Gasteiger partial charge on any atom is -0.329 e. The number of nitro benzene ring substituents is 1. The van der Waals surface area contributed by atoms with Gasteiger partial charge >= 0.3 is 6.03 Å². The zero-order valence-electron chi connectivity index (χ0n) is 13.6. The molecule has 0 heterocycles. The van der Waals surface area contributed by atoms with E-state index in [2.05, 4.69) is 21.2 Å². The Morgan fingerprint density at radius 3 is 2.67 bits per heavy atom. The lowest BCUT2D eigenvalue weighted by Gasteiger charge is -2.08. The fourth-order valence-electron chi connectivity index (χ4n) is 1.84. The summed E-state index contributed by atoms with van der Waals surface area (Å²) >= 11 is 5.84. The topological polar surface area (TPSA) is 126 Å². The van der Waals surface area contributed by atoms with E-state index in [-0.39, 0.29) is 22.0 Å². The molecular formula is C16H13ClFN5O4. The molecule has 2 rings (SSSR count). The third kappa shape index (κ3) is 6.04. The van der Waals surface area contributed by atoms with Crippen molar-refractivity contribution in [3.05, 3.63) is 69.0 Å². The van der Waals surface area contributed by atoms with Gasteiger partial charge < -0.3 is 10.6 Å². The highest BCUT2D eigenvalue weighted by molar-refractivity contribution is 6.33. The van der Waals surface area contributed by atoms with Crippen LogP contribution in [0.2, 0.25) is 5.02 Å². The van der Waals surface area contributed by atoms with Gasteiger partial charge in [-0.2, -0.15) is 5.10 Å². The van der Waals surface area contributed by atoms with Crippen molar-refractivity contribution < 1.29 is 18.9 Å². The van der Waals surface area contributed by atoms with Crippen LogP contribution in [0.3, 0.4) is 0 Å². The SMILES string of the molecule is O=C(CNC(=O)Nc1ccc([N+](=O)[O-])cc1Cl)N/N=C/c1ccccc1F. The Morgan fingerprint density at radius 1 is 1.26 bits per heavy atom. The second-order valence-corrected chi connectivity index (χ2v) is 5.45. The van der Waals surface area contributed by atoms with Crippen molar-refractivity contribution in [2.75, 3.05) is 11.9 Å². The zero-order chi connectivity index (χ0) is 19.8. The molecule has 0 aliphatic carbocycles. The number of non-ortho nitro benzene ring substituents is 1. The average molecular weight is 394 g/mol. The van der Waals surface area contributed by atoms with Gasteiger partial charge in [-0.3, -0.25) is 14.9 Å². The Labute approximate surface area is 157 Å². The van der Waals surface area contributed by atoms with E-state index >= 15 is 0 Å². The van der Waals surface area contributed by atoms with Crippen molar-refractivity contribution >= 4 is 41.1 Å². The van der Waals surface area contributed by atoms with Crippen molar-refractivity contribution in [1.82, 2.24) is 10.7 Å². The Morgan fingerprint density at radius 2 is 2.00 bits per heavy atom. The summed E-state index contributed by atoms with van der Waals surface area (Å²) in [5.41, 5.74) is 2.23. The molecule has 0 atom stereocenters. The number of hydrazone groups is 1. The van der Waals surface area contributed by atoms with Crippen molar-refractivity contribution in [2.45, 2.75) is 0 Å². The molecule has 0 saturated heterocycles. The molecule has 0 unspecified atom stereocenters. The lowest BCUT2D eigenvalue weighted by atomic mass is 10.2. The number of benzene rings is 2. The van der Waals surface area contributed by atoms with Gasteiger partial charge in [0.1, 0.15) is 12.4 Å². The third-order valence-electron chi connectivity index (χ3n) is 3.12. The summed E-state index contributed by atoms with van der Waals surface area (Å²) < 4.78 is 13.4. The number of nitrogens with one attached hydrogen (secondary N) is 3. The number of nitrogens with zero attached hydrogens (tertiary/aromatic N) is 2. The second kappa shape index (κ2) is 9.25. The number of hydrogen-bond acceptors (Lipinski definition) is 5. The molecule has 0 saturated carbocycles. The summed E-state index contributed by atoms with van der Waals surface area (Å²) in [6, 6.07) is 8.63. The van der Waals surface area contributed by atoms with E-state index in [0.717, 1.165) is 12.3 Å². The first-order valence-corrected chi connectivity index (χ1v) is 7.80. The molecule has 0 aliphatic rings. The first-order chi connectivity index (χ1) is 12.9. The van der Waals surface area contributed by atoms with Crippen LogP contribution in [-0.2, 0) is 4.79 Å². The average Bonchev–Trinajstić information content (AvgIpc) is 2.63. The Hall–Kier alpha value is -3.53. The van der Waals surface area contributed by atoms with Crippen LogP contribution >= 0.6 is 11.6 Å². The quantitative estimate of drug-likeness (QED) is 0.396. The van der Waals surface area contributed by atoms with Crippen molar-refractivity contribution in [2.24, 2.45) is 5.10 Å². The summed E-state index contributed by atoms with van der Waals surface area (Å²) in [6.45, 7) is -0.412. The number of urea groups is 1. The van der Waals surface area contributed by atoms with Crippen LogP contribution in [0, 0.1) is 15.9 Å². The highest BCUT2D eigenvalue weighted by Gasteiger charge is 2.12. The highest BCUT2D eigenvalue weighted by Crippen LogP contribution is 2.26. The Kier molecular flexibility index (Phi) is 6.78. The predicted octanol–water partition coefficient (Wildman–Crippen LogP) is 2.66. The monoisotopic (exact) mass is 393 g/mol. The standard InChI is InChI=1S/C16H13ClFN5O4/c17-12-7-11(23(26)27)5-6-14(12)21-16(25)19-9-15(24)22-20-8-10-3-1-2-4-13(10)18/h1-8H,9H2,(H,22,24)(H2,19,21,25)/b20-8+. The van der Waals surface area contributed by atoms with E-state index in [0.29, 0.717) is 0 Å². The van der Waals surface area contributed by atoms with Crippen LogP contribution in [0.4, 0.5) is 20.6 Å². The molecule has 140 valence electrons. The fraction of sp³-hybridized carbons (Fsp3) is 0.0625. The lowest BCUT2D eigenvalue weighted by molar-refractivity contribution is -0.384. The summed E-state index contributed by atoms with van der Waals surface area (Å²) in [6.07, 6.45) is 1.13. The van der Waals surface area contributed by atoms with E-state index in [4.69, 9.17) is 11.6 Å². The second-order valence-electron chi connectivity index (χ2n) is 5.04. The van der Waals surface area contributed by atoms with Crippen LogP contribution < -0.4 is 16.1 Å². The molecule has 2 aromatic rings. The molecule has 0 aliphatic heterocycles. The molecule has 3 amide bonds. The smallest absolute Gasteiger partial charge is 0.319 e. The zero-order valence-corrected chi connectivity index (χ0v) is 14.4. The van der Waals surface area contributed by atoms with Crippen molar-refractivity contribution in [1.29, 1.82) is 0 Å². The van der Waals surface area contributed by atoms with Crippen LogP contribution in [0.1, 0.15) is 5.56 Å². The van der Waals surface area contributed by atoms with E-state index in [1.807, 2.05) is 0 Å². The highest BCUT2D eigenvalue weighted by atomic mass is 35.5. The predicted molar refractivity (Wildman–Crippen MR) is 97.3 cm³/mol. The molecule has 0 bridgehead atoms. The first-order valence-electron chi connectivity index (χ1n) is 7.42. The van der Waals surface area contributed by atoms with Gasteiger partial charge in [0.2, 0.25) is 0 Å². The van der Waals surface area contributed by atoms with Gasteiger partial charge in [-0.25, -0.2) is 14.6 Å².